The summed E-state index contributed by atoms with van der Waals surface area (Å²) in [7, 11) is 0. The summed E-state index contributed by atoms with van der Waals surface area (Å²) in [6, 6.07) is 5.12. The van der Waals surface area contributed by atoms with Crippen molar-refractivity contribution in [3.05, 3.63) is 34.1 Å². The average Bonchev–Trinajstić information content (AvgIpc) is 2.41. The second-order valence-corrected chi connectivity index (χ2v) is 5.49. The zero-order valence-electron chi connectivity index (χ0n) is 10.2. The second-order valence-electron chi connectivity index (χ2n) is 4.63. The summed E-state index contributed by atoms with van der Waals surface area (Å²) >= 11 is 3.20. The van der Waals surface area contributed by atoms with E-state index in [0.717, 1.165) is 31.4 Å². The number of halogens is 2. The Labute approximate surface area is 115 Å². The fourth-order valence-corrected chi connectivity index (χ4v) is 2.73. The van der Waals surface area contributed by atoms with Crippen LogP contribution in [0.4, 0.5) is 4.39 Å². The fourth-order valence-electron chi connectivity index (χ4n) is 2.30. The van der Waals surface area contributed by atoms with E-state index in [4.69, 9.17) is 10.6 Å². The van der Waals surface area contributed by atoms with E-state index in [9.17, 15) is 4.39 Å². The smallest absolute Gasteiger partial charge is 0.137 e. The lowest BCUT2D eigenvalue weighted by Gasteiger charge is -2.30. The average molecular weight is 317 g/mol. The zero-order chi connectivity index (χ0) is 13.0. The monoisotopic (exact) mass is 316 g/mol. The first-order valence-electron chi connectivity index (χ1n) is 6.22. The molecule has 5 heteroatoms. The molecule has 18 heavy (non-hydrogen) atoms. The van der Waals surface area contributed by atoms with Gasteiger partial charge in [-0.25, -0.2) is 4.39 Å². The van der Waals surface area contributed by atoms with E-state index in [1.807, 2.05) is 0 Å². The van der Waals surface area contributed by atoms with Crippen molar-refractivity contribution in [1.29, 1.82) is 0 Å². The fraction of sp³-hybridized carbons (Fsp3) is 0.538. The zero-order valence-corrected chi connectivity index (χ0v) is 11.7. The molecular weight excluding hydrogens is 299 g/mol. The lowest BCUT2D eigenvalue weighted by molar-refractivity contribution is -0.00744. The van der Waals surface area contributed by atoms with Crippen LogP contribution in [0.2, 0.25) is 0 Å². The third-order valence-electron chi connectivity index (χ3n) is 3.32. The number of benzene rings is 1. The van der Waals surface area contributed by atoms with Gasteiger partial charge >= 0.3 is 0 Å². The third kappa shape index (κ3) is 3.51. The summed E-state index contributed by atoms with van der Waals surface area (Å²) in [5.41, 5.74) is 3.86. The Morgan fingerprint density at radius 2 is 2.33 bits per heavy atom. The molecule has 3 N–H and O–H groups in total. The molecule has 0 aliphatic carbocycles. The molecule has 2 atom stereocenters. The van der Waals surface area contributed by atoms with Gasteiger partial charge in [-0.05, 0) is 59.3 Å². The summed E-state index contributed by atoms with van der Waals surface area (Å²) in [4.78, 5) is 0. The van der Waals surface area contributed by atoms with E-state index < -0.39 is 0 Å². The van der Waals surface area contributed by atoms with Crippen LogP contribution in [0.15, 0.2) is 22.7 Å². The van der Waals surface area contributed by atoms with Crippen molar-refractivity contribution in [3.63, 3.8) is 0 Å². The van der Waals surface area contributed by atoms with Crippen LogP contribution in [-0.4, -0.2) is 18.8 Å². The van der Waals surface area contributed by atoms with Crippen LogP contribution in [0, 0.1) is 5.82 Å². The first-order chi connectivity index (χ1) is 8.70. The van der Waals surface area contributed by atoms with Crippen LogP contribution >= 0.6 is 15.9 Å². The van der Waals surface area contributed by atoms with Crippen LogP contribution in [0.25, 0.3) is 0 Å². The molecule has 1 fully saturated rings. The van der Waals surface area contributed by atoms with E-state index in [2.05, 4.69) is 21.4 Å². The Balaban J connectivity index is 2.02. The summed E-state index contributed by atoms with van der Waals surface area (Å²) in [5.74, 6) is 5.36. The van der Waals surface area contributed by atoms with Crippen molar-refractivity contribution in [2.45, 2.75) is 37.8 Å². The number of rotatable bonds is 4. The van der Waals surface area contributed by atoms with Gasteiger partial charge in [-0.15, -0.1) is 0 Å². The van der Waals surface area contributed by atoms with Crippen molar-refractivity contribution in [2.24, 2.45) is 5.84 Å². The van der Waals surface area contributed by atoms with E-state index in [0.29, 0.717) is 4.47 Å². The van der Waals surface area contributed by atoms with Gasteiger partial charge in [0, 0.05) is 6.61 Å². The number of hydrogen-bond donors (Lipinski definition) is 2. The summed E-state index contributed by atoms with van der Waals surface area (Å²) in [6.07, 6.45) is 4.20. The van der Waals surface area contributed by atoms with Gasteiger partial charge in [-0.2, -0.15) is 0 Å². The minimum absolute atomic E-state index is 0.0719. The first-order valence-corrected chi connectivity index (χ1v) is 7.01. The molecule has 0 aromatic heterocycles. The van der Waals surface area contributed by atoms with E-state index >= 15 is 0 Å². The topological polar surface area (TPSA) is 47.3 Å². The Morgan fingerprint density at radius 3 is 2.94 bits per heavy atom. The molecule has 0 spiro atoms. The summed E-state index contributed by atoms with van der Waals surface area (Å²) < 4.78 is 19.4. The minimum atomic E-state index is -0.245. The molecule has 2 rings (SSSR count). The maximum Gasteiger partial charge on any atom is 0.137 e. The second kappa shape index (κ2) is 6.61. The van der Waals surface area contributed by atoms with Crippen molar-refractivity contribution >= 4 is 15.9 Å². The molecule has 1 aliphatic heterocycles. The van der Waals surface area contributed by atoms with Crippen molar-refractivity contribution < 1.29 is 9.13 Å². The standard InChI is InChI=1S/C13H18BrFN2O/c14-10-7-9(4-5-11(10)15)8-12(17-16)13-3-1-2-6-18-13/h4-5,7,12-13,17H,1-3,6,8,16H2. The van der Waals surface area contributed by atoms with Crippen LogP contribution in [0.3, 0.4) is 0 Å². The Bertz CT molecular complexity index is 397. The SMILES string of the molecule is NNC(Cc1ccc(F)c(Br)c1)C1CCCCO1. The van der Waals surface area contributed by atoms with Crippen LogP contribution in [0.5, 0.6) is 0 Å². The molecule has 0 radical (unpaired) electrons. The predicted octanol–water partition coefficient (Wildman–Crippen LogP) is 2.53. The molecule has 0 saturated carbocycles. The van der Waals surface area contributed by atoms with Crippen molar-refractivity contribution in [2.75, 3.05) is 6.61 Å². The molecule has 3 nitrogen and oxygen atoms in total. The highest BCUT2D eigenvalue weighted by molar-refractivity contribution is 9.10. The number of hydrazine groups is 1. The van der Waals surface area contributed by atoms with Crippen LogP contribution in [0.1, 0.15) is 24.8 Å². The van der Waals surface area contributed by atoms with E-state index in [1.165, 1.54) is 12.5 Å². The molecule has 1 saturated heterocycles. The van der Waals surface area contributed by atoms with Gasteiger partial charge in [0.1, 0.15) is 5.82 Å². The molecule has 1 aliphatic rings. The van der Waals surface area contributed by atoms with Crippen molar-refractivity contribution in [1.82, 2.24) is 5.43 Å². The number of hydrogen-bond acceptors (Lipinski definition) is 3. The molecule has 1 aromatic carbocycles. The summed E-state index contributed by atoms with van der Waals surface area (Å²) in [5, 5.41) is 0. The highest BCUT2D eigenvalue weighted by atomic mass is 79.9. The quantitative estimate of drug-likeness (QED) is 0.663. The van der Waals surface area contributed by atoms with E-state index in [-0.39, 0.29) is 18.0 Å². The molecular formula is C13H18BrFN2O. The minimum Gasteiger partial charge on any atom is -0.377 e. The lowest BCUT2D eigenvalue weighted by atomic mass is 9.96. The molecule has 1 aromatic rings. The Morgan fingerprint density at radius 1 is 1.50 bits per heavy atom. The van der Waals surface area contributed by atoms with Gasteiger partial charge in [-0.3, -0.25) is 11.3 Å². The van der Waals surface area contributed by atoms with Gasteiger partial charge in [0.05, 0.1) is 16.6 Å². The lowest BCUT2D eigenvalue weighted by Crippen LogP contribution is -2.47. The van der Waals surface area contributed by atoms with Gasteiger partial charge in [-0.1, -0.05) is 6.07 Å². The maximum atomic E-state index is 13.2. The molecule has 0 amide bonds. The highest BCUT2D eigenvalue weighted by Gasteiger charge is 2.23. The third-order valence-corrected chi connectivity index (χ3v) is 3.93. The number of nitrogens with one attached hydrogen (secondary N) is 1. The van der Waals surface area contributed by atoms with Crippen LogP contribution < -0.4 is 11.3 Å². The number of nitrogens with two attached hydrogens (primary N) is 1. The Hall–Kier alpha value is -0.490. The van der Waals surface area contributed by atoms with Crippen LogP contribution in [-0.2, 0) is 11.2 Å². The first kappa shape index (κ1) is 13.9. The number of ether oxygens (including phenoxy) is 1. The molecule has 100 valence electrons. The van der Waals surface area contributed by atoms with Crippen molar-refractivity contribution in [3.8, 4) is 0 Å². The predicted molar refractivity (Wildman–Crippen MR) is 72.5 cm³/mol. The normalized spacial score (nSPS) is 21.8. The molecule has 1 heterocycles. The van der Waals surface area contributed by atoms with E-state index in [1.54, 1.807) is 12.1 Å². The van der Waals surface area contributed by atoms with Gasteiger partial charge in [0.15, 0.2) is 0 Å². The molecule has 2 unspecified atom stereocenters. The van der Waals surface area contributed by atoms with Gasteiger partial charge in [0.25, 0.3) is 0 Å². The van der Waals surface area contributed by atoms with Gasteiger partial charge < -0.3 is 4.74 Å². The molecule has 0 bridgehead atoms. The maximum absolute atomic E-state index is 13.2. The van der Waals surface area contributed by atoms with Gasteiger partial charge in [0.2, 0.25) is 0 Å². The summed E-state index contributed by atoms with van der Waals surface area (Å²) in [6.45, 7) is 0.802. The highest BCUT2D eigenvalue weighted by Crippen LogP contribution is 2.21. The largest absolute Gasteiger partial charge is 0.377 e. The Kier molecular flexibility index (Phi) is 5.12.